The maximum atomic E-state index is 4.57. The molecule has 1 aromatic heterocycles. The van der Waals surface area contributed by atoms with Crippen molar-refractivity contribution in [1.29, 1.82) is 0 Å². The normalized spacial score (nSPS) is 11.6. The Morgan fingerprint density at radius 1 is 1.05 bits per heavy atom. The summed E-state index contributed by atoms with van der Waals surface area (Å²) in [5, 5.41) is 14.2. The molecule has 6 heteroatoms. The van der Waals surface area contributed by atoms with E-state index in [1.807, 2.05) is 4.57 Å². The Bertz CT molecular complexity index is 347. The lowest BCUT2D eigenvalue weighted by Crippen LogP contribution is -2.37. The SMILES string of the molecule is CCCCCN=C(NCC)NCCCCn1cnnc1. The Hall–Kier alpha value is -1.59. The summed E-state index contributed by atoms with van der Waals surface area (Å²) >= 11 is 0. The van der Waals surface area contributed by atoms with Crippen LogP contribution in [0.3, 0.4) is 0 Å². The first kappa shape index (κ1) is 16.5. The van der Waals surface area contributed by atoms with Crippen molar-refractivity contribution >= 4 is 5.96 Å². The number of aromatic nitrogens is 3. The highest BCUT2D eigenvalue weighted by Crippen LogP contribution is 1.94. The van der Waals surface area contributed by atoms with E-state index in [1.165, 1.54) is 19.3 Å². The Balaban J connectivity index is 2.11. The number of hydrogen-bond donors (Lipinski definition) is 2. The highest BCUT2D eigenvalue weighted by Gasteiger charge is 1.97. The van der Waals surface area contributed by atoms with E-state index in [0.29, 0.717) is 0 Å². The van der Waals surface area contributed by atoms with Gasteiger partial charge in [0.25, 0.3) is 0 Å². The van der Waals surface area contributed by atoms with Gasteiger partial charge in [0, 0.05) is 26.2 Å². The lowest BCUT2D eigenvalue weighted by molar-refractivity contribution is 0.597. The summed E-state index contributed by atoms with van der Waals surface area (Å²) in [6, 6.07) is 0. The molecule has 0 fully saturated rings. The molecule has 0 amide bonds. The van der Waals surface area contributed by atoms with Gasteiger partial charge in [0.15, 0.2) is 5.96 Å². The highest BCUT2D eigenvalue weighted by atomic mass is 15.2. The maximum Gasteiger partial charge on any atom is 0.191 e. The van der Waals surface area contributed by atoms with Crippen molar-refractivity contribution in [2.24, 2.45) is 4.99 Å². The van der Waals surface area contributed by atoms with Crippen LogP contribution in [0.1, 0.15) is 46.0 Å². The summed E-state index contributed by atoms with van der Waals surface area (Å²) in [5.74, 6) is 0.938. The van der Waals surface area contributed by atoms with Crippen LogP contribution in [0.4, 0.5) is 0 Å². The minimum atomic E-state index is 0.903. The number of unbranched alkanes of at least 4 members (excludes halogenated alkanes) is 3. The van der Waals surface area contributed by atoms with E-state index >= 15 is 0 Å². The van der Waals surface area contributed by atoms with Gasteiger partial charge in [-0.3, -0.25) is 4.99 Å². The number of nitrogens with one attached hydrogen (secondary N) is 2. The molecule has 0 bridgehead atoms. The van der Waals surface area contributed by atoms with Gasteiger partial charge in [-0.15, -0.1) is 10.2 Å². The average molecular weight is 280 g/mol. The lowest BCUT2D eigenvalue weighted by Gasteiger charge is -2.11. The van der Waals surface area contributed by atoms with Crippen molar-refractivity contribution in [3.8, 4) is 0 Å². The second kappa shape index (κ2) is 11.3. The van der Waals surface area contributed by atoms with E-state index in [9.17, 15) is 0 Å². The van der Waals surface area contributed by atoms with Crippen LogP contribution in [0, 0.1) is 0 Å². The first-order chi connectivity index (χ1) is 9.86. The zero-order chi connectivity index (χ0) is 14.5. The molecule has 1 heterocycles. The Labute approximate surface area is 122 Å². The minimum Gasteiger partial charge on any atom is -0.357 e. The Morgan fingerprint density at radius 2 is 1.85 bits per heavy atom. The van der Waals surface area contributed by atoms with E-state index in [0.717, 1.165) is 45.0 Å². The van der Waals surface area contributed by atoms with Gasteiger partial charge >= 0.3 is 0 Å². The van der Waals surface area contributed by atoms with Gasteiger partial charge in [-0.05, 0) is 26.2 Å². The third-order valence-electron chi connectivity index (χ3n) is 2.98. The molecule has 0 aliphatic carbocycles. The van der Waals surface area contributed by atoms with Crippen molar-refractivity contribution in [3.05, 3.63) is 12.7 Å². The van der Waals surface area contributed by atoms with Crippen LogP contribution >= 0.6 is 0 Å². The molecule has 1 rings (SSSR count). The Kier molecular flexibility index (Phi) is 9.26. The van der Waals surface area contributed by atoms with Crippen molar-refractivity contribution < 1.29 is 0 Å². The maximum absolute atomic E-state index is 4.57. The van der Waals surface area contributed by atoms with Crippen LogP contribution in [0.25, 0.3) is 0 Å². The third-order valence-corrected chi connectivity index (χ3v) is 2.98. The van der Waals surface area contributed by atoms with Gasteiger partial charge < -0.3 is 15.2 Å². The third kappa shape index (κ3) is 7.76. The molecule has 0 atom stereocenters. The molecule has 6 nitrogen and oxygen atoms in total. The molecule has 2 N–H and O–H groups in total. The summed E-state index contributed by atoms with van der Waals surface area (Å²) < 4.78 is 2.00. The van der Waals surface area contributed by atoms with Crippen LogP contribution in [0.2, 0.25) is 0 Å². The van der Waals surface area contributed by atoms with Gasteiger partial charge in [-0.1, -0.05) is 19.8 Å². The zero-order valence-electron chi connectivity index (χ0n) is 12.8. The predicted molar refractivity (Wildman–Crippen MR) is 82.8 cm³/mol. The summed E-state index contributed by atoms with van der Waals surface area (Å²) in [7, 11) is 0. The largest absolute Gasteiger partial charge is 0.357 e. The smallest absolute Gasteiger partial charge is 0.191 e. The van der Waals surface area contributed by atoms with E-state index in [4.69, 9.17) is 0 Å². The molecule has 0 aliphatic heterocycles. The predicted octanol–water partition coefficient (Wildman–Crippen LogP) is 1.80. The summed E-state index contributed by atoms with van der Waals surface area (Å²) in [5.41, 5.74) is 0. The molecular formula is C14H28N6. The van der Waals surface area contributed by atoms with Crippen molar-refractivity contribution in [1.82, 2.24) is 25.4 Å². The number of aryl methyl sites for hydroxylation is 1. The number of aliphatic imine (C=N–C) groups is 1. The van der Waals surface area contributed by atoms with Gasteiger partial charge in [-0.25, -0.2) is 0 Å². The quantitative estimate of drug-likeness (QED) is 0.390. The van der Waals surface area contributed by atoms with Crippen molar-refractivity contribution in [2.45, 2.75) is 52.5 Å². The second-order valence-electron chi connectivity index (χ2n) is 4.80. The number of nitrogens with zero attached hydrogens (tertiary/aromatic N) is 4. The minimum absolute atomic E-state index is 0.903. The van der Waals surface area contributed by atoms with Crippen molar-refractivity contribution in [3.63, 3.8) is 0 Å². The van der Waals surface area contributed by atoms with Crippen LogP contribution in [-0.2, 0) is 6.54 Å². The monoisotopic (exact) mass is 280 g/mol. The van der Waals surface area contributed by atoms with E-state index in [1.54, 1.807) is 12.7 Å². The molecule has 0 unspecified atom stereocenters. The van der Waals surface area contributed by atoms with Gasteiger partial charge in [0.2, 0.25) is 0 Å². The molecule has 0 saturated carbocycles. The molecular weight excluding hydrogens is 252 g/mol. The summed E-state index contributed by atoms with van der Waals surface area (Å²) in [6.45, 7) is 8.03. The average Bonchev–Trinajstić information content (AvgIpc) is 2.96. The summed E-state index contributed by atoms with van der Waals surface area (Å²) in [4.78, 5) is 4.57. The van der Waals surface area contributed by atoms with E-state index < -0.39 is 0 Å². The summed E-state index contributed by atoms with van der Waals surface area (Å²) in [6.07, 6.45) is 9.39. The standard InChI is InChI=1S/C14H28N6/c1-3-5-6-9-16-14(15-4-2)17-10-7-8-11-20-12-18-19-13-20/h12-13H,3-11H2,1-2H3,(H2,15,16,17). The van der Waals surface area contributed by atoms with Gasteiger partial charge in [0.1, 0.15) is 12.7 Å². The number of rotatable bonds is 10. The molecule has 1 aromatic rings. The fraction of sp³-hybridized carbons (Fsp3) is 0.786. The van der Waals surface area contributed by atoms with Crippen LogP contribution < -0.4 is 10.6 Å². The van der Waals surface area contributed by atoms with E-state index in [-0.39, 0.29) is 0 Å². The molecule has 114 valence electrons. The number of guanidine groups is 1. The van der Waals surface area contributed by atoms with Crippen LogP contribution in [0.5, 0.6) is 0 Å². The first-order valence-electron chi connectivity index (χ1n) is 7.71. The van der Waals surface area contributed by atoms with Crippen molar-refractivity contribution in [2.75, 3.05) is 19.6 Å². The molecule has 0 spiro atoms. The van der Waals surface area contributed by atoms with Crippen LogP contribution in [0.15, 0.2) is 17.6 Å². The van der Waals surface area contributed by atoms with Gasteiger partial charge in [0.05, 0.1) is 0 Å². The molecule has 0 saturated heterocycles. The highest BCUT2D eigenvalue weighted by molar-refractivity contribution is 5.79. The number of hydrogen-bond acceptors (Lipinski definition) is 3. The lowest BCUT2D eigenvalue weighted by atomic mass is 10.2. The zero-order valence-corrected chi connectivity index (χ0v) is 12.8. The van der Waals surface area contributed by atoms with Crippen LogP contribution in [-0.4, -0.2) is 40.4 Å². The second-order valence-corrected chi connectivity index (χ2v) is 4.80. The molecule has 0 aromatic carbocycles. The molecule has 20 heavy (non-hydrogen) atoms. The van der Waals surface area contributed by atoms with E-state index in [2.05, 4.69) is 39.7 Å². The fourth-order valence-electron chi connectivity index (χ4n) is 1.86. The Morgan fingerprint density at radius 3 is 2.55 bits per heavy atom. The van der Waals surface area contributed by atoms with Gasteiger partial charge in [-0.2, -0.15) is 0 Å². The fourth-order valence-corrected chi connectivity index (χ4v) is 1.86. The topological polar surface area (TPSA) is 67.1 Å². The first-order valence-corrected chi connectivity index (χ1v) is 7.71. The molecule has 0 radical (unpaired) electrons. The molecule has 0 aliphatic rings.